The Morgan fingerprint density at radius 3 is 2.00 bits per heavy atom. The molecule has 0 saturated carbocycles. The normalized spacial score (nSPS) is 10.7. The SMILES string of the molecule is Cc1ccc(COc2ccc(-c3noc(-c4ccc(C)cc4)n3)cc2)cc1. The number of nitrogens with zero attached hydrogens (tertiary/aromatic N) is 2. The average molecular weight is 356 g/mol. The number of aryl methyl sites for hydroxylation is 2. The molecule has 27 heavy (non-hydrogen) atoms. The van der Waals surface area contributed by atoms with Crippen LogP contribution in [0.15, 0.2) is 77.3 Å². The third-order valence-electron chi connectivity index (χ3n) is 4.36. The third kappa shape index (κ3) is 4.06. The first-order valence-corrected chi connectivity index (χ1v) is 8.87. The van der Waals surface area contributed by atoms with Crippen LogP contribution in [0, 0.1) is 13.8 Å². The van der Waals surface area contributed by atoms with Gasteiger partial charge in [0.1, 0.15) is 12.4 Å². The van der Waals surface area contributed by atoms with Crippen LogP contribution in [0.2, 0.25) is 0 Å². The van der Waals surface area contributed by atoms with Gasteiger partial charge in [0.15, 0.2) is 0 Å². The van der Waals surface area contributed by atoms with E-state index in [4.69, 9.17) is 9.26 Å². The van der Waals surface area contributed by atoms with E-state index in [1.807, 2.05) is 55.5 Å². The number of hydrogen-bond donors (Lipinski definition) is 0. The van der Waals surface area contributed by atoms with E-state index in [2.05, 4.69) is 41.3 Å². The molecule has 0 amide bonds. The highest BCUT2D eigenvalue weighted by molar-refractivity contribution is 5.60. The first-order valence-electron chi connectivity index (χ1n) is 8.87. The molecule has 0 spiro atoms. The fourth-order valence-corrected chi connectivity index (χ4v) is 2.71. The van der Waals surface area contributed by atoms with Crippen molar-refractivity contribution in [2.45, 2.75) is 20.5 Å². The van der Waals surface area contributed by atoms with Gasteiger partial charge < -0.3 is 9.26 Å². The van der Waals surface area contributed by atoms with Crippen LogP contribution in [0.1, 0.15) is 16.7 Å². The lowest BCUT2D eigenvalue weighted by atomic mass is 10.1. The zero-order valence-corrected chi connectivity index (χ0v) is 15.3. The highest BCUT2D eigenvalue weighted by atomic mass is 16.5. The standard InChI is InChI=1S/C23H20N2O2/c1-16-3-7-18(8-4-16)15-26-21-13-11-19(12-14-21)22-24-23(27-25-22)20-9-5-17(2)6-10-20/h3-14H,15H2,1-2H3. The Labute approximate surface area is 158 Å². The molecule has 0 aliphatic heterocycles. The number of rotatable bonds is 5. The van der Waals surface area contributed by atoms with Gasteiger partial charge in [0, 0.05) is 11.1 Å². The van der Waals surface area contributed by atoms with Gasteiger partial charge in [-0.2, -0.15) is 4.98 Å². The van der Waals surface area contributed by atoms with Crippen LogP contribution in [0.3, 0.4) is 0 Å². The van der Waals surface area contributed by atoms with Crippen LogP contribution in [-0.2, 0) is 6.61 Å². The molecule has 134 valence electrons. The first kappa shape index (κ1) is 17.0. The number of hydrogen-bond acceptors (Lipinski definition) is 4. The number of ether oxygens (including phenoxy) is 1. The Bertz CT molecular complexity index is 1020. The largest absolute Gasteiger partial charge is 0.489 e. The summed E-state index contributed by atoms with van der Waals surface area (Å²) in [5.41, 5.74) is 5.38. The Morgan fingerprint density at radius 2 is 1.33 bits per heavy atom. The predicted molar refractivity (Wildman–Crippen MR) is 105 cm³/mol. The Balaban J connectivity index is 1.44. The van der Waals surface area contributed by atoms with E-state index in [-0.39, 0.29) is 0 Å². The zero-order valence-electron chi connectivity index (χ0n) is 15.3. The van der Waals surface area contributed by atoms with Gasteiger partial charge in [0.05, 0.1) is 0 Å². The summed E-state index contributed by atoms with van der Waals surface area (Å²) in [5, 5.41) is 4.09. The molecule has 1 aromatic heterocycles. The second kappa shape index (κ2) is 7.46. The molecular formula is C23H20N2O2. The Hall–Kier alpha value is -3.40. The minimum atomic E-state index is 0.518. The molecule has 1 heterocycles. The first-order chi connectivity index (χ1) is 13.2. The van der Waals surface area contributed by atoms with Crippen molar-refractivity contribution in [3.05, 3.63) is 89.5 Å². The van der Waals surface area contributed by atoms with E-state index in [1.165, 1.54) is 11.1 Å². The van der Waals surface area contributed by atoms with Crippen molar-refractivity contribution < 1.29 is 9.26 Å². The lowest BCUT2D eigenvalue weighted by molar-refractivity contribution is 0.306. The van der Waals surface area contributed by atoms with E-state index in [9.17, 15) is 0 Å². The van der Waals surface area contributed by atoms with Crippen molar-refractivity contribution in [3.8, 4) is 28.6 Å². The molecular weight excluding hydrogens is 336 g/mol. The second-order valence-electron chi connectivity index (χ2n) is 6.59. The molecule has 0 unspecified atom stereocenters. The van der Waals surface area contributed by atoms with Gasteiger partial charge in [-0.25, -0.2) is 0 Å². The average Bonchev–Trinajstić information content (AvgIpc) is 3.19. The Kier molecular flexibility index (Phi) is 4.71. The van der Waals surface area contributed by atoms with Gasteiger partial charge >= 0.3 is 0 Å². The fourth-order valence-electron chi connectivity index (χ4n) is 2.71. The summed E-state index contributed by atoms with van der Waals surface area (Å²) < 4.78 is 11.2. The van der Waals surface area contributed by atoms with Crippen LogP contribution in [0.4, 0.5) is 0 Å². The van der Waals surface area contributed by atoms with Crippen LogP contribution in [-0.4, -0.2) is 10.1 Å². The molecule has 0 N–H and O–H groups in total. The van der Waals surface area contributed by atoms with Crippen LogP contribution < -0.4 is 4.74 Å². The summed E-state index contributed by atoms with van der Waals surface area (Å²) >= 11 is 0. The predicted octanol–water partition coefficient (Wildman–Crippen LogP) is 5.60. The smallest absolute Gasteiger partial charge is 0.258 e. The van der Waals surface area contributed by atoms with Crippen LogP contribution >= 0.6 is 0 Å². The van der Waals surface area contributed by atoms with Crippen LogP contribution in [0.5, 0.6) is 5.75 Å². The quantitative estimate of drug-likeness (QED) is 0.467. The summed E-state index contributed by atoms with van der Waals surface area (Å²) in [6.45, 7) is 4.66. The second-order valence-corrected chi connectivity index (χ2v) is 6.59. The van der Waals surface area contributed by atoms with Crippen LogP contribution in [0.25, 0.3) is 22.8 Å². The third-order valence-corrected chi connectivity index (χ3v) is 4.36. The highest BCUT2D eigenvalue weighted by Gasteiger charge is 2.10. The molecule has 0 atom stereocenters. The Morgan fingerprint density at radius 1 is 0.741 bits per heavy atom. The minimum Gasteiger partial charge on any atom is -0.489 e. The topological polar surface area (TPSA) is 48.2 Å². The monoisotopic (exact) mass is 356 g/mol. The molecule has 0 radical (unpaired) electrons. The lowest BCUT2D eigenvalue weighted by Crippen LogP contribution is -1.95. The molecule has 0 aliphatic rings. The van der Waals surface area contributed by atoms with Gasteiger partial charge in [-0.3, -0.25) is 0 Å². The fraction of sp³-hybridized carbons (Fsp3) is 0.130. The molecule has 0 bridgehead atoms. The number of aromatic nitrogens is 2. The number of benzene rings is 3. The molecule has 4 rings (SSSR count). The lowest BCUT2D eigenvalue weighted by Gasteiger charge is -2.07. The maximum Gasteiger partial charge on any atom is 0.258 e. The summed E-state index contributed by atoms with van der Waals surface area (Å²) in [6, 6.07) is 24.1. The van der Waals surface area contributed by atoms with E-state index in [1.54, 1.807) is 0 Å². The maximum atomic E-state index is 5.84. The van der Waals surface area contributed by atoms with Crippen molar-refractivity contribution in [2.24, 2.45) is 0 Å². The van der Waals surface area contributed by atoms with Gasteiger partial charge in [0.2, 0.25) is 5.82 Å². The molecule has 4 nitrogen and oxygen atoms in total. The minimum absolute atomic E-state index is 0.518. The van der Waals surface area contributed by atoms with E-state index in [0.29, 0.717) is 18.3 Å². The van der Waals surface area contributed by atoms with Gasteiger partial charge in [-0.1, -0.05) is 52.7 Å². The van der Waals surface area contributed by atoms with Gasteiger partial charge in [0.25, 0.3) is 5.89 Å². The van der Waals surface area contributed by atoms with Crippen molar-refractivity contribution in [1.29, 1.82) is 0 Å². The van der Waals surface area contributed by atoms with Crippen molar-refractivity contribution in [3.63, 3.8) is 0 Å². The maximum absolute atomic E-state index is 5.84. The molecule has 4 aromatic rings. The molecule has 0 fully saturated rings. The highest BCUT2D eigenvalue weighted by Crippen LogP contribution is 2.24. The van der Waals surface area contributed by atoms with Crippen molar-refractivity contribution >= 4 is 0 Å². The van der Waals surface area contributed by atoms with Gasteiger partial charge in [-0.15, -0.1) is 0 Å². The van der Waals surface area contributed by atoms with Crippen molar-refractivity contribution in [1.82, 2.24) is 10.1 Å². The summed E-state index contributed by atoms with van der Waals surface area (Å²) in [7, 11) is 0. The summed E-state index contributed by atoms with van der Waals surface area (Å²) in [5.74, 6) is 1.89. The van der Waals surface area contributed by atoms with Crippen molar-refractivity contribution in [2.75, 3.05) is 0 Å². The summed E-state index contributed by atoms with van der Waals surface area (Å²) in [4.78, 5) is 4.49. The van der Waals surface area contributed by atoms with Gasteiger partial charge in [-0.05, 0) is 55.8 Å². The van der Waals surface area contributed by atoms with E-state index in [0.717, 1.165) is 22.4 Å². The molecule has 3 aromatic carbocycles. The molecule has 0 aliphatic carbocycles. The molecule has 0 saturated heterocycles. The van der Waals surface area contributed by atoms with E-state index >= 15 is 0 Å². The zero-order chi connectivity index (χ0) is 18.6. The summed E-state index contributed by atoms with van der Waals surface area (Å²) in [6.07, 6.45) is 0. The molecule has 4 heteroatoms. The van der Waals surface area contributed by atoms with E-state index < -0.39 is 0 Å².